The normalized spacial score (nSPS) is 15.7. The Kier molecular flexibility index (Phi) is 8.39. The van der Waals surface area contributed by atoms with Gasteiger partial charge in [0.05, 0.1) is 19.9 Å². The number of nitrogens with zero attached hydrogens (tertiary/aromatic N) is 4. The second-order valence-corrected chi connectivity index (χ2v) is 9.10. The van der Waals surface area contributed by atoms with E-state index in [0.29, 0.717) is 12.4 Å². The summed E-state index contributed by atoms with van der Waals surface area (Å²) in [5.41, 5.74) is 1.23. The summed E-state index contributed by atoms with van der Waals surface area (Å²) in [6.07, 6.45) is 2.87. The van der Waals surface area contributed by atoms with E-state index in [9.17, 15) is 0 Å². The zero-order chi connectivity index (χ0) is 23.0. The average molecular weight is 443 g/mol. The molecule has 32 heavy (non-hydrogen) atoms. The molecule has 0 atom stereocenters. The summed E-state index contributed by atoms with van der Waals surface area (Å²) in [5.74, 6) is 3.24. The molecule has 0 spiro atoms. The van der Waals surface area contributed by atoms with E-state index in [1.54, 1.807) is 14.2 Å². The Bertz CT molecular complexity index is 848. The van der Waals surface area contributed by atoms with Crippen LogP contribution in [-0.4, -0.2) is 69.3 Å². The first-order chi connectivity index (χ1) is 15.4. The molecule has 1 saturated heterocycles. The number of piperazine rings is 1. The summed E-state index contributed by atoms with van der Waals surface area (Å²) in [7, 11) is 3.48. The Morgan fingerprint density at radius 3 is 2.44 bits per heavy atom. The molecular weight excluding hydrogens is 404 g/mol. The van der Waals surface area contributed by atoms with Crippen LogP contribution < -0.4 is 20.3 Å². The van der Waals surface area contributed by atoms with Crippen LogP contribution in [-0.2, 0) is 12.0 Å². The monoisotopic (exact) mass is 442 g/mol. The first kappa shape index (κ1) is 23.9. The number of hydrogen-bond donors (Lipinski definition) is 2. The largest absolute Gasteiger partial charge is 0.497 e. The molecule has 2 heterocycles. The summed E-state index contributed by atoms with van der Waals surface area (Å²) in [6, 6.07) is 8.33. The van der Waals surface area contributed by atoms with Gasteiger partial charge in [-0.15, -0.1) is 0 Å². The van der Waals surface area contributed by atoms with Crippen molar-refractivity contribution in [1.82, 2.24) is 20.5 Å². The minimum absolute atomic E-state index is 0.0364. The number of rotatable bonds is 8. The van der Waals surface area contributed by atoms with E-state index in [1.807, 2.05) is 18.3 Å². The quantitative estimate of drug-likeness (QED) is 0.370. The number of nitrogens with one attached hydrogen (secondary N) is 2. The van der Waals surface area contributed by atoms with Gasteiger partial charge < -0.3 is 24.7 Å². The number of benzene rings is 1. The summed E-state index contributed by atoms with van der Waals surface area (Å²) in [4.78, 5) is 13.6. The maximum atomic E-state index is 5.83. The number of anilines is 1. The third kappa shape index (κ3) is 6.88. The van der Waals surface area contributed by atoms with Crippen LogP contribution in [0.4, 0.5) is 5.69 Å². The van der Waals surface area contributed by atoms with Gasteiger partial charge in [0.15, 0.2) is 5.96 Å². The molecule has 2 aromatic rings. The summed E-state index contributed by atoms with van der Waals surface area (Å²) >= 11 is 0. The predicted octanol–water partition coefficient (Wildman–Crippen LogP) is 2.86. The fourth-order valence-electron chi connectivity index (χ4n) is 3.65. The standard InChI is InChI=1S/C24H38N6O2/c1-24(2,3)21-17-27-22(32-21)18-28-23(25-4)26-11-6-12-29-13-15-30(16-14-29)19-7-9-20(31-5)10-8-19/h7-10,17H,6,11-16,18H2,1-5H3,(H2,25,26,28). The lowest BCUT2D eigenvalue weighted by molar-refractivity contribution is 0.255. The Balaban J connectivity index is 1.32. The highest BCUT2D eigenvalue weighted by molar-refractivity contribution is 5.79. The molecule has 2 N–H and O–H groups in total. The van der Waals surface area contributed by atoms with Gasteiger partial charge in [-0.25, -0.2) is 4.98 Å². The van der Waals surface area contributed by atoms with E-state index < -0.39 is 0 Å². The van der Waals surface area contributed by atoms with Crippen molar-refractivity contribution in [3.05, 3.63) is 42.1 Å². The predicted molar refractivity (Wildman–Crippen MR) is 130 cm³/mol. The number of methoxy groups -OCH3 is 1. The number of guanidine groups is 1. The molecule has 0 unspecified atom stereocenters. The van der Waals surface area contributed by atoms with Crippen LogP contribution >= 0.6 is 0 Å². The van der Waals surface area contributed by atoms with Gasteiger partial charge in [-0.2, -0.15) is 0 Å². The van der Waals surface area contributed by atoms with Gasteiger partial charge in [0.1, 0.15) is 11.5 Å². The molecular formula is C24H38N6O2. The number of hydrogen-bond acceptors (Lipinski definition) is 6. The fourth-order valence-corrected chi connectivity index (χ4v) is 3.65. The zero-order valence-electron chi connectivity index (χ0n) is 20.1. The zero-order valence-corrected chi connectivity index (χ0v) is 20.1. The highest BCUT2D eigenvalue weighted by atomic mass is 16.5. The van der Waals surface area contributed by atoms with Crippen molar-refractivity contribution < 1.29 is 9.15 Å². The molecule has 1 aliphatic heterocycles. The van der Waals surface area contributed by atoms with Crippen molar-refractivity contribution in [3.8, 4) is 5.75 Å². The maximum Gasteiger partial charge on any atom is 0.213 e. The van der Waals surface area contributed by atoms with Crippen molar-refractivity contribution in [1.29, 1.82) is 0 Å². The molecule has 1 aromatic heterocycles. The summed E-state index contributed by atoms with van der Waals surface area (Å²) in [5, 5.41) is 6.66. The van der Waals surface area contributed by atoms with Crippen LogP contribution in [0.2, 0.25) is 0 Å². The van der Waals surface area contributed by atoms with Crippen LogP contribution in [0, 0.1) is 0 Å². The van der Waals surface area contributed by atoms with Crippen molar-refractivity contribution >= 4 is 11.6 Å². The number of aromatic nitrogens is 1. The van der Waals surface area contributed by atoms with Gasteiger partial charge in [-0.3, -0.25) is 9.89 Å². The van der Waals surface area contributed by atoms with Crippen molar-refractivity contribution in [2.24, 2.45) is 4.99 Å². The number of oxazole rings is 1. The van der Waals surface area contributed by atoms with Crippen LogP contribution in [0.3, 0.4) is 0 Å². The van der Waals surface area contributed by atoms with E-state index in [2.05, 4.69) is 63.3 Å². The summed E-state index contributed by atoms with van der Waals surface area (Å²) in [6.45, 7) is 13.1. The average Bonchev–Trinajstić information content (AvgIpc) is 3.29. The van der Waals surface area contributed by atoms with E-state index in [1.165, 1.54) is 5.69 Å². The highest BCUT2D eigenvalue weighted by Gasteiger charge is 2.19. The van der Waals surface area contributed by atoms with Crippen LogP contribution in [0.1, 0.15) is 38.8 Å². The Hall–Kier alpha value is -2.74. The first-order valence-corrected chi connectivity index (χ1v) is 11.4. The Morgan fingerprint density at radius 1 is 1.12 bits per heavy atom. The van der Waals surface area contributed by atoms with Crippen LogP contribution in [0.25, 0.3) is 0 Å². The lowest BCUT2D eigenvalue weighted by Crippen LogP contribution is -2.47. The molecule has 3 rings (SSSR count). The van der Waals surface area contributed by atoms with Crippen LogP contribution in [0.15, 0.2) is 39.9 Å². The van der Waals surface area contributed by atoms with Crippen LogP contribution in [0.5, 0.6) is 5.75 Å². The fraction of sp³-hybridized carbons (Fsp3) is 0.583. The van der Waals surface area contributed by atoms with Gasteiger partial charge in [-0.1, -0.05) is 20.8 Å². The second kappa shape index (κ2) is 11.2. The molecule has 8 heteroatoms. The molecule has 0 saturated carbocycles. The van der Waals surface area contributed by atoms with Gasteiger partial charge in [0.25, 0.3) is 0 Å². The Morgan fingerprint density at radius 2 is 1.84 bits per heavy atom. The van der Waals surface area contributed by atoms with E-state index in [-0.39, 0.29) is 5.41 Å². The van der Waals surface area contributed by atoms with E-state index in [4.69, 9.17) is 9.15 Å². The molecule has 0 amide bonds. The van der Waals surface area contributed by atoms with Crippen molar-refractivity contribution in [2.75, 3.05) is 58.3 Å². The molecule has 0 aliphatic carbocycles. The number of ether oxygens (including phenoxy) is 1. The van der Waals surface area contributed by atoms with E-state index in [0.717, 1.165) is 63.2 Å². The molecule has 0 radical (unpaired) electrons. The first-order valence-electron chi connectivity index (χ1n) is 11.4. The van der Waals surface area contributed by atoms with Gasteiger partial charge in [0.2, 0.25) is 5.89 Å². The van der Waals surface area contributed by atoms with E-state index >= 15 is 0 Å². The minimum atomic E-state index is -0.0364. The third-order valence-electron chi connectivity index (χ3n) is 5.68. The lowest BCUT2D eigenvalue weighted by atomic mass is 9.94. The van der Waals surface area contributed by atoms with Gasteiger partial charge in [-0.05, 0) is 37.2 Å². The molecule has 0 bridgehead atoms. The molecule has 1 fully saturated rings. The SMILES string of the molecule is CN=C(NCCCN1CCN(c2ccc(OC)cc2)CC1)NCc1ncc(C(C)(C)C)o1. The van der Waals surface area contributed by atoms with Gasteiger partial charge >= 0.3 is 0 Å². The van der Waals surface area contributed by atoms with Crippen molar-refractivity contribution in [2.45, 2.75) is 39.2 Å². The smallest absolute Gasteiger partial charge is 0.213 e. The topological polar surface area (TPSA) is 78.2 Å². The minimum Gasteiger partial charge on any atom is -0.497 e. The lowest BCUT2D eigenvalue weighted by Gasteiger charge is -2.36. The van der Waals surface area contributed by atoms with Gasteiger partial charge in [0, 0.05) is 50.9 Å². The van der Waals surface area contributed by atoms with Crippen molar-refractivity contribution in [3.63, 3.8) is 0 Å². The molecule has 176 valence electrons. The Labute approximate surface area is 192 Å². The molecule has 1 aromatic carbocycles. The summed E-state index contributed by atoms with van der Waals surface area (Å²) < 4.78 is 11.1. The maximum absolute atomic E-state index is 5.83. The third-order valence-corrected chi connectivity index (χ3v) is 5.68. The molecule has 8 nitrogen and oxygen atoms in total. The second-order valence-electron chi connectivity index (χ2n) is 9.10. The highest BCUT2D eigenvalue weighted by Crippen LogP contribution is 2.22. The molecule has 1 aliphatic rings. The number of aliphatic imine (C=N–C) groups is 1.